The van der Waals surface area contributed by atoms with Crippen LogP contribution >= 0.6 is 0 Å². The van der Waals surface area contributed by atoms with Crippen molar-refractivity contribution in [2.45, 2.75) is 70.5 Å². The Hall–Kier alpha value is -1.41. The fraction of sp³-hybridized carbons (Fsp3) is 0.750. The van der Waals surface area contributed by atoms with Gasteiger partial charge in [0.05, 0.1) is 19.3 Å². The molecule has 0 amide bonds. The topological polar surface area (TPSA) is 107 Å². The highest BCUT2D eigenvalue weighted by Gasteiger charge is 2.35. The smallest absolute Gasteiger partial charge is 0.332 e. The minimum Gasteiger partial charge on any atom is -0.466 e. The molecule has 0 aliphatic carbocycles. The molecule has 0 heterocycles. The lowest BCUT2D eigenvalue weighted by Gasteiger charge is -2.11. The third-order valence-corrected chi connectivity index (χ3v) is 4.33. The monoisotopic (exact) mass is 364 g/mol. The molecule has 1 atom stereocenters. The number of carbonyl (C=O) groups excluding carboxylic acids is 2. The third kappa shape index (κ3) is 11.2. The van der Waals surface area contributed by atoms with Crippen LogP contribution in [0.2, 0.25) is 0 Å². The molecule has 0 spiro atoms. The Balaban J connectivity index is 4.27. The molecule has 0 aliphatic heterocycles. The summed E-state index contributed by atoms with van der Waals surface area (Å²) in [5.41, 5.74) is 0. The van der Waals surface area contributed by atoms with E-state index in [0.29, 0.717) is 12.8 Å². The molecule has 0 rings (SSSR count). The van der Waals surface area contributed by atoms with Gasteiger partial charge in [-0.1, -0.05) is 46.0 Å². The van der Waals surface area contributed by atoms with Crippen molar-refractivity contribution in [1.82, 2.24) is 0 Å². The van der Waals surface area contributed by atoms with E-state index in [0.717, 1.165) is 31.9 Å². The second-order valence-corrected chi connectivity index (χ2v) is 7.01. The standard InChI is InChI=1S/C16H28O7S/c1-3-5-7-8-9-10-12-22-15(17)13-14(24(19,20)21)16(18)23-11-6-4-2/h6,11,14H,3-5,7-10,12-13H2,1-2H3,(H,19,20,21)/b11-6+. The summed E-state index contributed by atoms with van der Waals surface area (Å²) in [6.07, 6.45) is 8.44. The van der Waals surface area contributed by atoms with Gasteiger partial charge in [-0.15, -0.1) is 0 Å². The Morgan fingerprint density at radius 2 is 1.71 bits per heavy atom. The molecule has 1 N–H and O–H groups in total. The van der Waals surface area contributed by atoms with Crippen LogP contribution in [-0.2, 0) is 29.2 Å². The summed E-state index contributed by atoms with van der Waals surface area (Å²) in [6.45, 7) is 4.08. The maximum atomic E-state index is 11.7. The number of rotatable bonds is 13. The van der Waals surface area contributed by atoms with Crippen molar-refractivity contribution in [2.75, 3.05) is 6.61 Å². The summed E-state index contributed by atoms with van der Waals surface area (Å²) in [4.78, 5) is 23.3. The normalized spacial score (nSPS) is 13.0. The first-order valence-electron chi connectivity index (χ1n) is 8.30. The van der Waals surface area contributed by atoms with Crippen LogP contribution in [0.15, 0.2) is 12.3 Å². The predicted molar refractivity (Wildman–Crippen MR) is 89.8 cm³/mol. The summed E-state index contributed by atoms with van der Waals surface area (Å²) in [6, 6.07) is 0. The molecule has 0 aromatic rings. The van der Waals surface area contributed by atoms with Crippen LogP contribution in [0.1, 0.15) is 65.2 Å². The van der Waals surface area contributed by atoms with Crippen molar-refractivity contribution in [3.8, 4) is 0 Å². The van der Waals surface area contributed by atoms with Crippen LogP contribution in [0.4, 0.5) is 0 Å². The number of ether oxygens (including phenoxy) is 2. The Labute approximate surface area is 144 Å². The summed E-state index contributed by atoms with van der Waals surface area (Å²) >= 11 is 0. The van der Waals surface area contributed by atoms with Crippen LogP contribution in [0.25, 0.3) is 0 Å². The zero-order valence-electron chi connectivity index (χ0n) is 14.4. The maximum Gasteiger partial charge on any atom is 0.332 e. The molecule has 0 saturated heterocycles. The lowest BCUT2D eigenvalue weighted by molar-refractivity contribution is -0.147. The van der Waals surface area contributed by atoms with Crippen LogP contribution in [-0.4, -0.2) is 36.8 Å². The quantitative estimate of drug-likeness (QED) is 0.232. The number of allylic oxidation sites excluding steroid dienone is 1. The fourth-order valence-electron chi connectivity index (χ4n) is 1.88. The van der Waals surface area contributed by atoms with Crippen LogP contribution in [0, 0.1) is 0 Å². The molecule has 24 heavy (non-hydrogen) atoms. The van der Waals surface area contributed by atoms with E-state index in [4.69, 9.17) is 9.29 Å². The Morgan fingerprint density at radius 3 is 2.29 bits per heavy atom. The number of unbranched alkanes of at least 4 members (excludes halogenated alkanes) is 5. The zero-order valence-corrected chi connectivity index (χ0v) is 15.2. The van der Waals surface area contributed by atoms with Gasteiger partial charge in [0, 0.05) is 0 Å². The van der Waals surface area contributed by atoms with Crippen LogP contribution in [0.5, 0.6) is 0 Å². The largest absolute Gasteiger partial charge is 0.466 e. The molecular formula is C16H28O7S. The van der Waals surface area contributed by atoms with E-state index >= 15 is 0 Å². The van der Waals surface area contributed by atoms with E-state index in [9.17, 15) is 18.0 Å². The van der Waals surface area contributed by atoms with E-state index in [1.54, 1.807) is 6.92 Å². The minimum absolute atomic E-state index is 0.161. The van der Waals surface area contributed by atoms with E-state index in [-0.39, 0.29) is 6.61 Å². The summed E-state index contributed by atoms with van der Waals surface area (Å²) in [5, 5.41) is -1.98. The lowest BCUT2D eigenvalue weighted by atomic mass is 10.1. The van der Waals surface area contributed by atoms with Crippen molar-refractivity contribution in [2.24, 2.45) is 0 Å². The van der Waals surface area contributed by atoms with Gasteiger partial charge in [0.2, 0.25) is 0 Å². The van der Waals surface area contributed by atoms with Crippen molar-refractivity contribution < 1.29 is 32.0 Å². The molecule has 0 aliphatic rings. The molecule has 0 saturated carbocycles. The SMILES string of the molecule is CC/C=C/OC(=O)C(CC(=O)OCCCCCCCC)S(=O)(=O)O. The van der Waals surface area contributed by atoms with E-state index < -0.39 is 33.7 Å². The molecule has 0 bridgehead atoms. The summed E-state index contributed by atoms with van der Waals surface area (Å²) in [7, 11) is -4.75. The minimum atomic E-state index is -4.75. The van der Waals surface area contributed by atoms with Crippen molar-refractivity contribution in [3.63, 3.8) is 0 Å². The average molecular weight is 364 g/mol. The van der Waals surface area contributed by atoms with Crippen molar-refractivity contribution in [1.29, 1.82) is 0 Å². The maximum absolute atomic E-state index is 11.7. The fourth-order valence-corrected chi connectivity index (χ4v) is 2.52. The highest BCUT2D eigenvalue weighted by Crippen LogP contribution is 2.10. The van der Waals surface area contributed by atoms with Crippen molar-refractivity contribution >= 4 is 22.1 Å². The first-order chi connectivity index (χ1) is 11.3. The first-order valence-corrected chi connectivity index (χ1v) is 9.80. The molecule has 1 unspecified atom stereocenters. The second kappa shape index (κ2) is 12.9. The first kappa shape index (κ1) is 22.6. The molecular weight excluding hydrogens is 336 g/mol. The zero-order chi connectivity index (χ0) is 18.4. The van der Waals surface area contributed by atoms with E-state index in [2.05, 4.69) is 11.7 Å². The molecule has 140 valence electrons. The predicted octanol–water partition coefficient (Wildman–Crippen LogP) is 3.00. The molecule has 8 heteroatoms. The Bertz CT molecular complexity index is 497. The van der Waals surface area contributed by atoms with Gasteiger partial charge < -0.3 is 9.47 Å². The number of carbonyl (C=O) groups is 2. The molecule has 0 fully saturated rings. The van der Waals surface area contributed by atoms with Gasteiger partial charge in [-0.25, -0.2) is 0 Å². The van der Waals surface area contributed by atoms with Gasteiger partial charge in [-0.2, -0.15) is 8.42 Å². The van der Waals surface area contributed by atoms with Crippen LogP contribution < -0.4 is 0 Å². The molecule has 0 aromatic heterocycles. The van der Waals surface area contributed by atoms with Gasteiger partial charge in [-0.3, -0.25) is 14.1 Å². The summed E-state index contributed by atoms with van der Waals surface area (Å²) < 4.78 is 41.1. The lowest BCUT2D eigenvalue weighted by Crippen LogP contribution is -2.33. The van der Waals surface area contributed by atoms with Gasteiger partial charge in [-0.05, 0) is 18.9 Å². The van der Waals surface area contributed by atoms with Gasteiger partial charge in [0.1, 0.15) is 0 Å². The molecule has 0 radical (unpaired) electrons. The summed E-state index contributed by atoms with van der Waals surface area (Å²) in [5.74, 6) is -2.07. The second-order valence-electron chi connectivity index (χ2n) is 5.41. The van der Waals surface area contributed by atoms with E-state index in [1.807, 2.05) is 0 Å². The van der Waals surface area contributed by atoms with Gasteiger partial charge in [0.15, 0.2) is 5.25 Å². The van der Waals surface area contributed by atoms with E-state index in [1.165, 1.54) is 12.5 Å². The highest BCUT2D eigenvalue weighted by molar-refractivity contribution is 7.87. The van der Waals surface area contributed by atoms with Crippen molar-refractivity contribution in [3.05, 3.63) is 12.3 Å². The highest BCUT2D eigenvalue weighted by atomic mass is 32.2. The van der Waals surface area contributed by atoms with Crippen LogP contribution in [0.3, 0.4) is 0 Å². The Kier molecular flexibility index (Phi) is 12.2. The Morgan fingerprint density at radius 1 is 1.08 bits per heavy atom. The molecule has 7 nitrogen and oxygen atoms in total. The van der Waals surface area contributed by atoms with Gasteiger partial charge >= 0.3 is 11.9 Å². The molecule has 0 aromatic carbocycles. The number of hydrogen-bond donors (Lipinski definition) is 1. The number of esters is 2. The third-order valence-electron chi connectivity index (χ3n) is 3.25. The average Bonchev–Trinajstić information content (AvgIpc) is 2.50. The van der Waals surface area contributed by atoms with Gasteiger partial charge in [0.25, 0.3) is 10.1 Å². The number of hydrogen-bond acceptors (Lipinski definition) is 6.